The maximum Gasteiger partial charge on any atom is 0.148 e. The molecule has 1 spiro atoms. The van der Waals surface area contributed by atoms with E-state index in [4.69, 9.17) is 4.99 Å². The third kappa shape index (κ3) is 3.61. The van der Waals surface area contributed by atoms with Crippen LogP contribution in [0.1, 0.15) is 34.0 Å². The summed E-state index contributed by atoms with van der Waals surface area (Å²) in [6.07, 6.45) is -0.212. The molecule has 1 unspecified atom stereocenters. The van der Waals surface area contributed by atoms with Crippen LogP contribution in [0.15, 0.2) is 179 Å². The summed E-state index contributed by atoms with van der Waals surface area (Å²) in [5.41, 5.74) is 14.1. The molecule has 49 heavy (non-hydrogen) atoms. The Labute approximate surface area is 288 Å². The van der Waals surface area contributed by atoms with Crippen molar-refractivity contribution in [3.8, 4) is 11.1 Å². The van der Waals surface area contributed by atoms with Crippen molar-refractivity contribution in [1.82, 2.24) is 4.57 Å². The van der Waals surface area contributed by atoms with E-state index in [1.165, 1.54) is 65.0 Å². The fourth-order valence-electron chi connectivity index (χ4n) is 8.74. The van der Waals surface area contributed by atoms with Crippen LogP contribution in [0.25, 0.3) is 32.9 Å². The average molecular weight is 644 g/mol. The molecule has 0 fully saturated rings. The third-order valence-electron chi connectivity index (χ3n) is 10.7. The van der Waals surface area contributed by atoms with E-state index < -0.39 is 5.41 Å². The molecule has 2 aliphatic heterocycles. The fraction of sp³-hybridized carbons (Fsp3) is 0.0444. The molecule has 3 heterocycles. The summed E-state index contributed by atoms with van der Waals surface area (Å²) in [5.74, 6) is 0. The molecule has 0 radical (unpaired) electrons. The molecule has 1 N–H and O–H groups in total. The fourth-order valence-corrected chi connectivity index (χ4v) is 9.93. The summed E-state index contributed by atoms with van der Waals surface area (Å²) < 4.78 is 2.49. The van der Waals surface area contributed by atoms with Crippen molar-refractivity contribution in [2.45, 2.75) is 21.4 Å². The maximum atomic E-state index is 5.32. The van der Waals surface area contributed by atoms with E-state index in [9.17, 15) is 0 Å². The maximum absolute atomic E-state index is 5.32. The smallest absolute Gasteiger partial charge is 0.148 e. The van der Waals surface area contributed by atoms with Gasteiger partial charge in [0.2, 0.25) is 0 Å². The predicted molar refractivity (Wildman–Crippen MR) is 203 cm³/mol. The van der Waals surface area contributed by atoms with E-state index in [0.29, 0.717) is 0 Å². The zero-order valence-corrected chi connectivity index (χ0v) is 27.3. The zero-order valence-electron chi connectivity index (χ0n) is 26.5. The molecule has 230 valence electrons. The molecular weight excluding hydrogens is 615 g/mol. The van der Waals surface area contributed by atoms with Gasteiger partial charge < -0.3 is 9.88 Å². The van der Waals surface area contributed by atoms with Crippen molar-refractivity contribution >= 4 is 50.7 Å². The van der Waals surface area contributed by atoms with Crippen LogP contribution < -0.4 is 5.32 Å². The molecule has 0 amide bonds. The Kier molecular flexibility index (Phi) is 5.59. The van der Waals surface area contributed by atoms with Gasteiger partial charge >= 0.3 is 0 Å². The van der Waals surface area contributed by atoms with Crippen LogP contribution in [0, 0.1) is 0 Å². The number of hydrogen-bond acceptors (Lipinski definition) is 3. The van der Waals surface area contributed by atoms with Gasteiger partial charge in [0.15, 0.2) is 0 Å². The van der Waals surface area contributed by atoms with Crippen molar-refractivity contribution in [2.24, 2.45) is 4.99 Å². The molecule has 0 saturated carbocycles. The van der Waals surface area contributed by atoms with Gasteiger partial charge in [-0.15, -0.1) is 0 Å². The van der Waals surface area contributed by atoms with Gasteiger partial charge in [-0.05, 0) is 75.8 Å². The quantitative estimate of drug-likeness (QED) is 0.203. The number of rotatable bonds is 2. The van der Waals surface area contributed by atoms with Crippen molar-refractivity contribution in [3.63, 3.8) is 0 Å². The minimum Gasteiger partial charge on any atom is -0.358 e. The van der Waals surface area contributed by atoms with Gasteiger partial charge in [0.25, 0.3) is 0 Å². The van der Waals surface area contributed by atoms with Gasteiger partial charge in [0.1, 0.15) is 6.17 Å². The first-order valence-corrected chi connectivity index (χ1v) is 17.7. The van der Waals surface area contributed by atoms with Gasteiger partial charge in [-0.3, -0.25) is 0 Å². The van der Waals surface area contributed by atoms with Gasteiger partial charge in [0, 0.05) is 26.1 Å². The molecular formula is C45H29N3S. The second-order valence-corrected chi connectivity index (χ2v) is 14.2. The molecule has 7 aromatic carbocycles. The number of para-hydroxylation sites is 3. The van der Waals surface area contributed by atoms with Crippen molar-refractivity contribution in [1.29, 1.82) is 0 Å². The van der Waals surface area contributed by atoms with E-state index in [2.05, 4.69) is 174 Å². The van der Waals surface area contributed by atoms with Crippen molar-refractivity contribution in [3.05, 3.63) is 192 Å². The highest BCUT2D eigenvalue weighted by Crippen LogP contribution is 2.62. The predicted octanol–water partition coefficient (Wildman–Crippen LogP) is 11.4. The van der Waals surface area contributed by atoms with Crippen molar-refractivity contribution < 1.29 is 0 Å². The number of aromatic nitrogens is 1. The minimum absolute atomic E-state index is 0.212. The Hall–Kier alpha value is -5.84. The summed E-state index contributed by atoms with van der Waals surface area (Å²) in [4.78, 5) is 7.96. The van der Waals surface area contributed by atoms with E-state index in [0.717, 1.165) is 22.6 Å². The first kappa shape index (κ1) is 27.1. The number of aliphatic imine (C=N–C) groups is 1. The highest BCUT2D eigenvalue weighted by Gasteiger charge is 2.50. The molecule has 1 atom stereocenters. The van der Waals surface area contributed by atoms with E-state index >= 15 is 0 Å². The van der Waals surface area contributed by atoms with Crippen LogP contribution in [-0.4, -0.2) is 10.3 Å². The lowest BCUT2D eigenvalue weighted by Gasteiger charge is -2.39. The number of hydrogen-bond donors (Lipinski definition) is 1. The second kappa shape index (κ2) is 10.1. The SMILES string of the molecule is c1ccc(C2=Nc3ccccc3NC2n2c3ccccc3c3cc4c(cc32)-c2ccccc2C42c3ccccc3Sc3ccccc32)cc1. The Balaban J connectivity index is 1.25. The second-order valence-electron chi connectivity index (χ2n) is 13.1. The summed E-state index contributed by atoms with van der Waals surface area (Å²) in [7, 11) is 0. The Morgan fingerprint density at radius 3 is 2.00 bits per heavy atom. The first-order valence-electron chi connectivity index (χ1n) is 16.8. The number of nitrogens with zero attached hydrogens (tertiary/aromatic N) is 2. The largest absolute Gasteiger partial charge is 0.358 e. The lowest BCUT2D eigenvalue weighted by Crippen LogP contribution is -2.32. The average Bonchev–Trinajstić information content (AvgIpc) is 3.64. The molecule has 3 aliphatic rings. The summed E-state index contributed by atoms with van der Waals surface area (Å²) in [5, 5.41) is 6.43. The highest BCUT2D eigenvalue weighted by molar-refractivity contribution is 7.99. The van der Waals surface area contributed by atoms with Crippen LogP contribution >= 0.6 is 11.8 Å². The number of benzene rings is 7. The number of anilines is 1. The third-order valence-corrected chi connectivity index (χ3v) is 11.9. The Morgan fingerprint density at radius 2 is 1.18 bits per heavy atom. The lowest BCUT2D eigenvalue weighted by molar-refractivity contribution is 0.723. The molecule has 0 bridgehead atoms. The molecule has 4 heteroatoms. The van der Waals surface area contributed by atoms with Crippen LogP contribution in [-0.2, 0) is 5.41 Å². The summed E-state index contributed by atoms with van der Waals surface area (Å²) in [6, 6.07) is 59.9. The first-order chi connectivity index (χ1) is 24.3. The van der Waals surface area contributed by atoms with Gasteiger partial charge in [0.05, 0.1) is 33.5 Å². The van der Waals surface area contributed by atoms with Gasteiger partial charge in [-0.1, -0.05) is 133 Å². The van der Waals surface area contributed by atoms with Crippen LogP contribution in [0.3, 0.4) is 0 Å². The highest BCUT2D eigenvalue weighted by atomic mass is 32.2. The summed E-state index contributed by atoms with van der Waals surface area (Å²) in [6.45, 7) is 0. The van der Waals surface area contributed by atoms with Crippen LogP contribution in [0.5, 0.6) is 0 Å². The van der Waals surface area contributed by atoms with Crippen LogP contribution in [0.4, 0.5) is 11.4 Å². The Morgan fingerprint density at radius 1 is 0.531 bits per heavy atom. The number of fused-ring (bicyclic) bond motifs is 13. The van der Waals surface area contributed by atoms with E-state index in [1.54, 1.807) is 0 Å². The lowest BCUT2D eigenvalue weighted by atomic mass is 9.67. The van der Waals surface area contributed by atoms with Crippen molar-refractivity contribution in [2.75, 3.05) is 5.32 Å². The van der Waals surface area contributed by atoms with E-state index in [-0.39, 0.29) is 6.17 Å². The monoisotopic (exact) mass is 643 g/mol. The topological polar surface area (TPSA) is 29.3 Å². The normalized spacial score (nSPS) is 16.3. The Bertz CT molecular complexity index is 2640. The molecule has 0 saturated heterocycles. The molecule has 11 rings (SSSR count). The van der Waals surface area contributed by atoms with Gasteiger partial charge in [-0.2, -0.15) is 0 Å². The van der Waals surface area contributed by atoms with E-state index in [1.807, 2.05) is 11.8 Å². The van der Waals surface area contributed by atoms with Crippen LogP contribution in [0.2, 0.25) is 0 Å². The number of nitrogens with one attached hydrogen (secondary N) is 1. The standard InChI is InChI=1S/C45H29N3S/c1-2-14-28(15-3-1)43-44(47-38-22-10-9-21-37(38)46-43)48-39-23-11-5-17-30(39)32-26-36-31(27-40(32)48)29-16-4-6-18-33(29)45(36)34-19-7-12-24-41(34)49-42-25-13-8-20-35(42)45/h1-27,44,47H. The molecule has 1 aromatic heterocycles. The zero-order chi connectivity index (χ0) is 32.1. The van der Waals surface area contributed by atoms with Gasteiger partial charge in [-0.25, -0.2) is 4.99 Å². The summed E-state index contributed by atoms with van der Waals surface area (Å²) >= 11 is 1.89. The minimum atomic E-state index is -0.416. The molecule has 8 aromatic rings. The molecule has 3 nitrogen and oxygen atoms in total. The molecule has 1 aliphatic carbocycles.